The summed E-state index contributed by atoms with van der Waals surface area (Å²) in [5, 5.41) is 6.22. The van der Waals surface area contributed by atoms with E-state index in [9.17, 15) is 4.79 Å². The smallest absolute Gasteiger partial charge is 0.275 e. The van der Waals surface area contributed by atoms with E-state index in [2.05, 4.69) is 27.5 Å². The first kappa shape index (κ1) is 15.3. The Balaban J connectivity index is 2.18. The lowest BCUT2D eigenvalue weighted by Gasteiger charge is -2.09. The van der Waals surface area contributed by atoms with Gasteiger partial charge in [-0.15, -0.1) is 0 Å². The van der Waals surface area contributed by atoms with Gasteiger partial charge in [0.2, 0.25) is 0 Å². The molecule has 0 fully saturated rings. The molecule has 0 aromatic carbocycles. The van der Waals surface area contributed by atoms with Crippen LogP contribution in [-0.2, 0) is 0 Å². The van der Waals surface area contributed by atoms with E-state index in [1.54, 1.807) is 30.5 Å². The van der Waals surface area contributed by atoms with E-state index in [0.29, 0.717) is 16.5 Å². The first-order chi connectivity index (χ1) is 10.1. The number of aromatic nitrogens is 2. The summed E-state index contributed by atoms with van der Waals surface area (Å²) in [5.41, 5.74) is 1.69. The van der Waals surface area contributed by atoms with Crippen LogP contribution in [0, 0.1) is 6.92 Å². The van der Waals surface area contributed by atoms with Crippen LogP contribution in [0.25, 0.3) is 0 Å². The zero-order valence-electron chi connectivity index (χ0n) is 12.0. The third-order valence-electron chi connectivity index (χ3n) is 2.77. The monoisotopic (exact) mass is 304 g/mol. The van der Waals surface area contributed by atoms with Gasteiger partial charge in [0.25, 0.3) is 5.91 Å². The number of amides is 1. The summed E-state index contributed by atoms with van der Waals surface area (Å²) >= 11 is 6.06. The van der Waals surface area contributed by atoms with Crippen LogP contribution >= 0.6 is 11.6 Å². The van der Waals surface area contributed by atoms with Gasteiger partial charge in [-0.05, 0) is 37.6 Å². The largest absolute Gasteiger partial charge is 0.370 e. The molecule has 0 unspecified atom stereocenters. The van der Waals surface area contributed by atoms with Gasteiger partial charge in [-0.3, -0.25) is 9.78 Å². The average molecular weight is 305 g/mol. The molecule has 0 saturated carbocycles. The zero-order chi connectivity index (χ0) is 15.2. The third kappa shape index (κ3) is 4.16. The molecular weight excluding hydrogens is 288 g/mol. The molecule has 0 spiro atoms. The van der Waals surface area contributed by atoms with Crippen molar-refractivity contribution in [1.82, 2.24) is 9.97 Å². The highest BCUT2D eigenvalue weighted by atomic mass is 35.5. The van der Waals surface area contributed by atoms with E-state index in [1.807, 2.05) is 6.92 Å². The van der Waals surface area contributed by atoms with Gasteiger partial charge >= 0.3 is 0 Å². The van der Waals surface area contributed by atoms with Gasteiger partial charge in [0.1, 0.15) is 11.5 Å². The topological polar surface area (TPSA) is 66.9 Å². The van der Waals surface area contributed by atoms with Gasteiger partial charge in [0, 0.05) is 24.1 Å². The summed E-state index contributed by atoms with van der Waals surface area (Å²) in [4.78, 5) is 20.6. The van der Waals surface area contributed by atoms with Crippen molar-refractivity contribution in [2.24, 2.45) is 0 Å². The number of hydrogen-bond donors (Lipinski definition) is 2. The lowest BCUT2D eigenvalue weighted by Crippen LogP contribution is -2.15. The van der Waals surface area contributed by atoms with E-state index >= 15 is 0 Å². The van der Waals surface area contributed by atoms with Gasteiger partial charge in [0.05, 0.1) is 5.02 Å². The third-order valence-corrected chi connectivity index (χ3v) is 3.08. The molecular formula is C15H17ClN4O. The van der Waals surface area contributed by atoms with Gasteiger partial charge < -0.3 is 10.6 Å². The summed E-state index contributed by atoms with van der Waals surface area (Å²) < 4.78 is 0. The highest BCUT2D eigenvalue weighted by Crippen LogP contribution is 2.18. The molecule has 0 aliphatic heterocycles. The lowest BCUT2D eigenvalue weighted by molar-refractivity contribution is 0.102. The summed E-state index contributed by atoms with van der Waals surface area (Å²) in [6.07, 6.45) is 2.61. The Kier molecular flexibility index (Phi) is 5.11. The van der Waals surface area contributed by atoms with Crippen LogP contribution in [0.4, 0.5) is 11.5 Å². The predicted octanol–water partition coefficient (Wildman–Crippen LogP) is 3.51. The summed E-state index contributed by atoms with van der Waals surface area (Å²) in [6.45, 7) is 4.71. The van der Waals surface area contributed by atoms with Crippen LogP contribution in [0.1, 0.15) is 29.5 Å². The number of pyridine rings is 2. The minimum atomic E-state index is -0.342. The minimum Gasteiger partial charge on any atom is -0.370 e. The molecule has 2 N–H and O–H groups in total. The Hall–Kier alpha value is -2.14. The Morgan fingerprint density at radius 3 is 2.86 bits per heavy atom. The number of carbonyl (C=O) groups excluding carboxylic acids is 1. The number of nitrogens with zero attached hydrogens (tertiary/aromatic N) is 2. The number of nitrogens with one attached hydrogen (secondary N) is 2. The quantitative estimate of drug-likeness (QED) is 0.887. The van der Waals surface area contributed by atoms with Crippen LogP contribution in [0.3, 0.4) is 0 Å². The number of halogens is 1. The molecule has 2 rings (SSSR count). The maximum Gasteiger partial charge on any atom is 0.275 e. The zero-order valence-corrected chi connectivity index (χ0v) is 12.7. The molecule has 0 atom stereocenters. The molecule has 2 aromatic heterocycles. The minimum absolute atomic E-state index is 0.201. The van der Waals surface area contributed by atoms with Crippen LogP contribution in [0.2, 0.25) is 5.02 Å². The number of rotatable bonds is 5. The molecule has 110 valence electrons. The average Bonchev–Trinajstić information content (AvgIpc) is 2.46. The fourth-order valence-corrected chi connectivity index (χ4v) is 1.96. The van der Waals surface area contributed by atoms with Crippen molar-refractivity contribution in [3.63, 3.8) is 0 Å². The fourth-order valence-electron chi connectivity index (χ4n) is 1.77. The molecule has 0 aliphatic rings. The van der Waals surface area contributed by atoms with Crippen molar-refractivity contribution in [3.05, 3.63) is 46.9 Å². The highest BCUT2D eigenvalue weighted by molar-refractivity contribution is 6.34. The van der Waals surface area contributed by atoms with Crippen molar-refractivity contribution >= 4 is 29.0 Å². The molecule has 21 heavy (non-hydrogen) atoms. The number of hydrogen-bond acceptors (Lipinski definition) is 4. The van der Waals surface area contributed by atoms with Crippen LogP contribution in [0.15, 0.2) is 30.5 Å². The summed E-state index contributed by atoms with van der Waals surface area (Å²) in [6, 6.07) is 6.92. The van der Waals surface area contributed by atoms with Gasteiger partial charge in [-0.25, -0.2) is 4.98 Å². The lowest BCUT2D eigenvalue weighted by atomic mass is 10.3. The summed E-state index contributed by atoms with van der Waals surface area (Å²) in [5.74, 6) is 0.294. The van der Waals surface area contributed by atoms with Gasteiger partial charge in [-0.2, -0.15) is 0 Å². The maximum atomic E-state index is 12.3. The SMILES string of the molecule is CCCNc1ccc(Cl)c(C(=O)Nc2ccnc(C)c2)n1. The second-order valence-electron chi connectivity index (χ2n) is 4.59. The van der Waals surface area contributed by atoms with Crippen molar-refractivity contribution < 1.29 is 4.79 Å². The molecule has 2 aromatic rings. The van der Waals surface area contributed by atoms with Gasteiger partial charge in [-0.1, -0.05) is 18.5 Å². The Bertz CT molecular complexity index is 645. The van der Waals surface area contributed by atoms with E-state index in [1.165, 1.54) is 0 Å². The fraction of sp³-hybridized carbons (Fsp3) is 0.267. The molecule has 0 bridgehead atoms. The molecule has 0 radical (unpaired) electrons. The normalized spacial score (nSPS) is 10.2. The molecule has 0 saturated heterocycles. The number of anilines is 2. The van der Waals surface area contributed by atoms with Crippen molar-refractivity contribution in [1.29, 1.82) is 0 Å². The van der Waals surface area contributed by atoms with E-state index in [4.69, 9.17) is 11.6 Å². The molecule has 5 nitrogen and oxygen atoms in total. The standard InChI is InChI=1S/C15H17ClN4O/c1-3-7-18-13-5-4-12(16)14(20-13)15(21)19-11-6-8-17-10(2)9-11/h4-6,8-9H,3,7H2,1-2H3,(H,18,20)(H,17,19,21). The van der Waals surface area contributed by atoms with E-state index in [-0.39, 0.29) is 11.6 Å². The molecule has 6 heteroatoms. The Labute approximate surface area is 128 Å². The van der Waals surface area contributed by atoms with E-state index < -0.39 is 0 Å². The second-order valence-corrected chi connectivity index (χ2v) is 5.00. The van der Waals surface area contributed by atoms with Gasteiger partial charge in [0.15, 0.2) is 0 Å². The number of aryl methyl sites for hydroxylation is 1. The highest BCUT2D eigenvalue weighted by Gasteiger charge is 2.13. The molecule has 1 amide bonds. The van der Waals surface area contributed by atoms with E-state index in [0.717, 1.165) is 18.7 Å². The second kappa shape index (κ2) is 7.04. The van der Waals surface area contributed by atoms with Crippen molar-refractivity contribution in [3.8, 4) is 0 Å². The number of carbonyl (C=O) groups is 1. The Morgan fingerprint density at radius 1 is 1.33 bits per heavy atom. The van der Waals surface area contributed by atoms with Crippen LogP contribution < -0.4 is 10.6 Å². The van der Waals surface area contributed by atoms with Crippen LogP contribution in [0.5, 0.6) is 0 Å². The van der Waals surface area contributed by atoms with Crippen molar-refractivity contribution in [2.45, 2.75) is 20.3 Å². The predicted molar refractivity (Wildman–Crippen MR) is 85.0 cm³/mol. The summed E-state index contributed by atoms with van der Waals surface area (Å²) in [7, 11) is 0. The molecule has 2 heterocycles. The van der Waals surface area contributed by atoms with Crippen molar-refractivity contribution in [2.75, 3.05) is 17.2 Å². The first-order valence-electron chi connectivity index (χ1n) is 6.74. The first-order valence-corrected chi connectivity index (χ1v) is 7.12. The molecule has 0 aliphatic carbocycles. The van der Waals surface area contributed by atoms with Crippen LogP contribution in [-0.4, -0.2) is 22.4 Å². The maximum absolute atomic E-state index is 12.3. The Morgan fingerprint density at radius 2 is 2.14 bits per heavy atom.